The van der Waals surface area contributed by atoms with E-state index in [0.717, 1.165) is 18.4 Å². The Bertz CT molecular complexity index is 489. The third-order valence-corrected chi connectivity index (χ3v) is 4.03. The number of carbonyl (C=O) groups excluding carboxylic acids is 1. The monoisotopic (exact) mass is 276 g/mol. The van der Waals surface area contributed by atoms with Crippen molar-refractivity contribution in [1.29, 1.82) is 0 Å². The number of nitrogens with zero attached hydrogens (tertiary/aromatic N) is 2. The first kappa shape index (κ1) is 14.5. The molecule has 1 atom stereocenters. The molecule has 5 nitrogen and oxygen atoms in total. The second-order valence-electron chi connectivity index (χ2n) is 5.44. The molecule has 2 heterocycles. The predicted octanol–water partition coefficient (Wildman–Crippen LogP) is 1.87. The maximum Gasteiger partial charge on any atom is 0.329 e. The van der Waals surface area contributed by atoms with Crippen LogP contribution >= 0.6 is 0 Å². The van der Waals surface area contributed by atoms with E-state index in [-0.39, 0.29) is 5.91 Å². The van der Waals surface area contributed by atoms with Crippen LogP contribution in [0, 0.1) is 0 Å². The van der Waals surface area contributed by atoms with E-state index >= 15 is 0 Å². The first-order valence-corrected chi connectivity index (χ1v) is 6.97. The molecule has 0 unspecified atom stereocenters. The van der Waals surface area contributed by atoms with Crippen LogP contribution in [0.5, 0.6) is 0 Å². The van der Waals surface area contributed by atoms with E-state index < -0.39 is 11.5 Å². The number of carbonyl (C=O) groups is 2. The number of amides is 1. The maximum atomic E-state index is 12.3. The van der Waals surface area contributed by atoms with Gasteiger partial charge in [-0.25, -0.2) is 4.79 Å². The summed E-state index contributed by atoms with van der Waals surface area (Å²) >= 11 is 0. The van der Waals surface area contributed by atoms with Gasteiger partial charge in [0.25, 0.3) is 0 Å². The van der Waals surface area contributed by atoms with Gasteiger partial charge in [-0.1, -0.05) is 0 Å². The van der Waals surface area contributed by atoms with Crippen LogP contribution in [0.2, 0.25) is 0 Å². The fourth-order valence-corrected chi connectivity index (χ4v) is 2.68. The smallest absolute Gasteiger partial charge is 0.329 e. The highest BCUT2D eigenvalue weighted by atomic mass is 16.4. The lowest BCUT2D eigenvalue weighted by molar-refractivity contribution is -0.160. The summed E-state index contributed by atoms with van der Waals surface area (Å²) in [7, 11) is 0. The molecule has 1 aliphatic heterocycles. The van der Waals surface area contributed by atoms with Crippen LogP contribution in [0.15, 0.2) is 24.5 Å². The molecule has 1 aromatic heterocycles. The zero-order chi connectivity index (χ0) is 14.6. The largest absolute Gasteiger partial charge is 0.480 e. The summed E-state index contributed by atoms with van der Waals surface area (Å²) in [4.78, 5) is 29.3. The van der Waals surface area contributed by atoms with Crippen LogP contribution < -0.4 is 0 Å². The minimum Gasteiger partial charge on any atom is -0.480 e. The molecule has 1 saturated heterocycles. The number of piperidine rings is 1. The summed E-state index contributed by atoms with van der Waals surface area (Å²) in [5, 5.41) is 9.40. The lowest BCUT2D eigenvalue weighted by Crippen LogP contribution is -2.57. The predicted molar refractivity (Wildman–Crippen MR) is 74.2 cm³/mol. The Labute approximate surface area is 118 Å². The molecule has 0 aromatic carbocycles. The first-order chi connectivity index (χ1) is 9.54. The zero-order valence-corrected chi connectivity index (χ0v) is 11.7. The van der Waals surface area contributed by atoms with E-state index in [1.807, 2.05) is 12.1 Å². The van der Waals surface area contributed by atoms with Crippen LogP contribution in [0.3, 0.4) is 0 Å². The summed E-state index contributed by atoms with van der Waals surface area (Å²) in [5.41, 5.74) is -0.00416. The average molecular weight is 276 g/mol. The van der Waals surface area contributed by atoms with Gasteiger partial charge in [0, 0.05) is 25.4 Å². The van der Waals surface area contributed by atoms with E-state index in [0.29, 0.717) is 25.8 Å². The lowest BCUT2D eigenvalue weighted by atomic mass is 9.88. The van der Waals surface area contributed by atoms with Crippen molar-refractivity contribution in [2.45, 2.75) is 44.6 Å². The highest BCUT2D eigenvalue weighted by Gasteiger charge is 2.43. The highest BCUT2D eigenvalue weighted by Crippen LogP contribution is 2.29. The third-order valence-electron chi connectivity index (χ3n) is 4.03. The van der Waals surface area contributed by atoms with Gasteiger partial charge in [-0.05, 0) is 50.3 Å². The van der Waals surface area contributed by atoms with Crippen LogP contribution in [0.1, 0.15) is 38.2 Å². The minimum atomic E-state index is -1.05. The summed E-state index contributed by atoms with van der Waals surface area (Å²) < 4.78 is 0. The molecule has 0 spiro atoms. The number of pyridine rings is 1. The minimum absolute atomic E-state index is 0.0774. The molecule has 2 rings (SSSR count). The second kappa shape index (κ2) is 6.03. The standard InChI is InChI=1S/C15H20N2O3/c1-15(14(19)20)8-2-3-11-17(15)13(18)5-4-12-6-9-16-10-7-12/h6-7,9-10H,2-5,8,11H2,1H3,(H,19,20)/t15-/m0/s1. The maximum absolute atomic E-state index is 12.3. The first-order valence-electron chi connectivity index (χ1n) is 6.97. The number of likely N-dealkylation sites (tertiary alicyclic amines) is 1. The van der Waals surface area contributed by atoms with Crippen molar-refractivity contribution in [1.82, 2.24) is 9.88 Å². The Morgan fingerprint density at radius 2 is 2.05 bits per heavy atom. The van der Waals surface area contributed by atoms with E-state index in [4.69, 9.17) is 0 Å². The molecule has 0 aliphatic carbocycles. The lowest BCUT2D eigenvalue weighted by Gasteiger charge is -2.41. The fourth-order valence-electron chi connectivity index (χ4n) is 2.68. The van der Waals surface area contributed by atoms with Crippen molar-refractivity contribution in [3.8, 4) is 0 Å². The van der Waals surface area contributed by atoms with Gasteiger partial charge in [-0.3, -0.25) is 9.78 Å². The van der Waals surface area contributed by atoms with E-state index in [9.17, 15) is 14.7 Å². The molecule has 0 radical (unpaired) electrons. The Balaban J connectivity index is 2.02. The number of hydrogen-bond donors (Lipinski definition) is 1. The van der Waals surface area contributed by atoms with Gasteiger partial charge in [-0.15, -0.1) is 0 Å². The van der Waals surface area contributed by atoms with Gasteiger partial charge in [0.05, 0.1) is 0 Å². The Kier molecular flexibility index (Phi) is 4.37. The van der Waals surface area contributed by atoms with E-state index in [2.05, 4.69) is 4.98 Å². The van der Waals surface area contributed by atoms with Crippen molar-refractivity contribution in [2.24, 2.45) is 0 Å². The number of aliphatic carboxylic acids is 1. The van der Waals surface area contributed by atoms with Crippen molar-refractivity contribution in [2.75, 3.05) is 6.54 Å². The number of aromatic nitrogens is 1. The molecule has 1 aliphatic rings. The number of rotatable bonds is 4. The molecule has 1 aromatic rings. The molecule has 20 heavy (non-hydrogen) atoms. The van der Waals surface area contributed by atoms with Crippen molar-refractivity contribution in [3.05, 3.63) is 30.1 Å². The normalized spacial score (nSPS) is 22.6. The Morgan fingerprint density at radius 1 is 1.35 bits per heavy atom. The van der Waals surface area contributed by atoms with Gasteiger partial charge >= 0.3 is 5.97 Å². The van der Waals surface area contributed by atoms with Crippen LogP contribution in [-0.4, -0.2) is 39.0 Å². The molecule has 1 amide bonds. The summed E-state index contributed by atoms with van der Waals surface area (Å²) in [5.74, 6) is -0.985. The van der Waals surface area contributed by atoms with E-state index in [1.165, 1.54) is 0 Å². The second-order valence-corrected chi connectivity index (χ2v) is 5.44. The van der Waals surface area contributed by atoms with Crippen molar-refractivity contribution >= 4 is 11.9 Å². The molecule has 0 bridgehead atoms. The molecule has 0 saturated carbocycles. The van der Waals surface area contributed by atoms with E-state index in [1.54, 1.807) is 24.2 Å². The molecule has 5 heteroatoms. The number of hydrogen-bond acceptors (Lipinski definition) is 3. The van der Waals surface area contributed by atoms with Crippen molar-refractivity contribution in [3.63, 3.8) is 0 Å². The Hall–Kier alpha value is -1.91. The molecule has 1 N–H and O–H groups in total. The van der Waals surface area contributed by atoms with Crippen LogP contribution in [-0.2, 0) is 16.0 Å². The number of carboxylic acid groups (broad SMARTS) is 1. The SMILES string of the molecule is C[C@@]1(C(=O)O)CCCCN1C(=O)CCc1ccncc1. The van der Waals surface area contributed by atoms with Gasteiger partial charge in [-0.2, -0.15) is 0 Å². The zero-order valence-electron chi connectivity index (χ0n) is 11.7. The molecule has 108 valence electrons. The average Bonchev–Trinajstić information content (AvgIpc) is 2.46. The fraction of sp³-hybridized carbons (Fsp3) is 0.533. The van der Waals surface area contributed by atoms with Gasteiger partial charge in [0.15, 0.2) is 0 Å². The number of carboxylic acids is 1. The van der Waals surface area contributed by atoms with Gasteiger partial charge < -0.3 is 10.0 Å². The third kappa shape index (κ3) is 2.98. The quantitative estimate of drug-likeness (QED) is 0.911. The van der Waals surface area contributed by atoms with Crippen LogP contribution in [0.25, 0.3) is 0 Å². The summed E-state index contributed by atoms with van der Waals surface area (Å²) in [6.45, 7) is 2.19. The highest BCUT2D eigenvalue weighted by molar-refractivity contribution is 5.87. The topological polar surface area (TPSA) is 70.5 Å². The Morgan fingerprint density at radius 3 is 2.70 bits per heavy atom. The summed E-state index contributed by atoms with van der Waals surface area (Å²) in [6, 6.07) is 3.75. The molecule has 1 fully saturated rings. The van der Waals surface area contributed by atoms with Crippen LogP contribution in [0.4, 0.5) is 0 Å². The number of aryl methyl sites for hydroxylation is 1. The summed E-state index contributed by atoms with van der Waals surface area (Å²) in [6.07, 6.45) is 6.62. The molecular weight excluding hydrogens is 256 g/mol. The van der Waals surface area contributed by atoms with Gasteiger partial charge in [0.1, 0.15) is 5.54 Å². The van der Waals surface area contributed by atoms with Crippen molar-refractivity contribution < 1.29 is 14.7 Å². The van der Waals surface area contributed by atoms with Gasteiger partial charge in [0.2, 0.25) is 5.91 Å². The molecular formula is C15H20N2O3.